The van der Waals surface area contributed by atoms with Crippen LogP contribution in [-0.2, 0) is 11.2 Å². The number of amides is 1. The van der Waals surface area contributed by atoms with Crippen molar-refractivity contribution in [2.24, 2.45) is 0 Å². The summed E-state index contributed by atoms with van der Waals surface area (Å²) in [5, 5.41) is 4.29. The van der Waals surface area contributed by atoms with Crippen LogP contribution in [0.1, 0.15) is 18.4 Å². The Hall–Kier alpha value is -2.89. The molecule has 128 valence electrons. The van der Waals surface area contributed by atoms with Gasteiger partial charge in [-0.3, -0.25) is 4.79 Å². The maximum Gasteiger partial charge on any atom is 0.225 e. The fraction of sp³-hybridized carbons (Fsp3) is 0.316. The summed E-state index contributed by atoms with van der Waals surface area (Å²) in [5.74, 6) is 0.852. The molecular formula is C19H21N5O. The predicted molar refractivity (Wildman–Crippen MR) is 97.4 cm³/mol. The second kappa shape index (κ2) is 6.93. The van der Waals surface area contributed by atoms with Crippen LogP contribution in [0.4, 0.5) is 5.95 Å². The van der Waals surface area contributed by atoms with Crippen molar-refractivity contribution < 1.29 is 4.79 Å². The summed E-state index contributed by atoms with van der Waals surface area (Å²) in [6.45, 7) is 1.73. The molecule has 0 spiro atoms. The largest absolute Gasteiger partial charge is 0.361 e. The Labute approximate surface area is 146 Å². The van der Waals surface area contributed by atoms with Gasteiger partial charge in [-0.05, 0) is 30.5 Å². The first-order chi connectivity index (χ1) is 12.3. The van der Waals surface area contributed by atoms with Crippen LogP contribution in [0.3, 0.4) is 0 Å². The van der Waals surface area contributed by atoms with Gasteiger partial charge in [0.25, 0.3) is 0 Å². The van der Waals surface area contributed by atoms with E-state index in [1.807, 2.05) is 36.5 Å². The van der Waals surface area contributed by atoms with Gasteiger partial charge in [-0.1, -0.05) is 18.2 Å². The van der Waals surface area contributed by atoms with Gasteiger partial charge in [0.1, 0.15) is 0 Å². The van der Waals surface area contributed by atoms with E-state index in [-0.39, 0.29) is 11.9 Å². The van der Waals surface area contributed by atoms with Gasteiger partial charge in [-0.25, -0.2) is 9.97 Å². The third-order valence-electron chi connectivity index (χ3n) is 4.72. The number of H-pyrrole nitrogens is 1. The van der Waals surface area contributed by atoms with Gasteiger partial charge in [-0.2, -0.15) is 0 Å². The molecule has 2 N–H and O–H groups in total. The topological polar surface area (TPSA) is 73.9 Å². The van der Waals surface area contributed by atoms with E-state index in [4.69, 9.17) is 0 Å². The van der Waals surface area contributed by atoms with Crippen LogP contribution >= 0.6 is 0 Å². The summed E-state index contributed by atoms with van der Waals surface area (Å²) in [7, 11) is 0. The smallest absolute Gasteiger partial charge is 0.225 e. The quantitative estimate of drug-likeness (QED) is 0.767. The zero-order valence-electron chi connectivity index (χ0n) is 14.0. The SMILES string of the molecule is O=C(Cc1c[nH]c2ccccc12)NC1CCN(c2ncccn2)CC1. The zero-order valence-corrected chi connectivity index (χ0v) is 14.0. The summed E-state index contributed by atoms with van der Waals surface area (Å²) in [5.41, 5.74) is 2.12. The second-order valence-corrected chi connectivity index (χ2v) is 6.41. The van der Waals surface area contributed by atoms with E-state index >= 15 is 0 Å². The lowest BCUT2D eigenvalue weighted by Crippen LogP contribution is -2.45. The zero-order chi connectivity index (χ0) is 17.1. The van der Waals surface area contributed by atoms with E-state index in [1.54, 1.807) is 12.4 Å². The molecule has 1 aliphatic heterocycles. The minimum absolute atomic E-state index is 0.0826. The molecule has 2 aromatic heterocycles. The lowest BCUT2D eigenvalue weighted by atomic mass is 10.0. The second-order valence-electron chi connectivity index (χ2n) is 6.41. The number of aromatic nitrogens is 3. The highest BCUT2D eigenvalue weighted by atomic mass is 16.1. The van der Waals surface area contributed by atoms with Gasteiger partial charge in [0.15, 0.2) is 0 Å². The maximum atomic E-state index is 12.4. The molecule has 1 fully saturated rings. The van der Waals surface area contributed by atoms with Crippen LogP contribution < -0.4 is 10.2 Å². The van der Waals surface area contributed by atoms with E-state index in [9.17, 15) is 4.79 Å². The highest BCUT2D eigenvalue weighted by Crippen LogP contribution is 2.19. The number of aromatic amines is 1. The van der Waals surface area contributed by atoms with Crippen LogP contribution in [0.5, 0.6) is 0 Å². The number of benzene rings is 1. The molecular weight excluding hydrogens is 314 g/mol. The highest BCUT2D eigenvalue weighted by molar-refractivity contribution is 5.88. The number of nitrogens with one attached hydrogen (secondary N) is 2. The summed E-state index contributed by atoms with van der Waals surface area (Å²) in [4.78, 5) is 26.4. The highest BCUT2D eigenvalue weighted by Gasteiger charge is 2.22. The molecule has 3 heterocycles. The molecule has 1 aromatic carbocycles. The lowest BCUT2D eigenvalue weighted by Gasteiger charge is -2.32. The van der Waals surface area contributed by atoms with Crippen molar-refractivity contribution in [2.45, 2.75) is 25.3 Å². The van der Waals surface area contributed by atoms with Crippen LogP contribution in [0.15, 0.2) is 48.9 Å². The van der Waals surface area contributed by atoms with Gasteiger partial charge in [0.2, 0.25) is 11.9 Å². The molecule has 6 heteroatoms. The van der Waals surface area contributed by atoms with Crippen molar-refractivity contribution in [3.05, 3.63) is 54.5 Å². The van der Waals surface area contributed by atoms with Crippen LogP contribution in [0.25, 0.3) is 10.9 Å². The number of carbonyl (C=O) groups is 1. The molecule has 0 bridgehead atoms. The predicted octanol–water partition coefficient (Wildman–Crippen LogP) is 2.29. The molecule has 1 saturated heterocycles. The van der Waals surface area contributed by atoms with Gasteiger partial charge in [-0.15, -0.1) is 0 Å². The number of carbonyl (C=O) groups excluding carboxylic acids is 1. The summed E-state index contributed by atoms with van der Waals surface area (Å²) in [6.07, 6.45) is 7.69. The first kappa shape index (κ1) is 15.6. The van der Waals surface area contributed by atoms with Crippen molar-refractivity contribution in [3.8, 4) is 0 Å². The molecule has 0 unspecified atom stereocenters. The average molecular weight is 335 g/mol. The third-order valence-corrected chi connectivity index (χ3v) is 4.72. The Kier molecular flexibility index (Phi) is 4.33. The summed E-state index contributed by atoms with van der Waals surface area (Å²) < 4.78 is 0. The van der Waals surface area contributed by atoms with Crippen molar-refractivity contribution in [2.75, 3.05) is 18.0 Å². The Morgan fingerprint density at radius 3 is 2.72 bits per heavy atom. The van der Waals surface area contributed by atoms with Crippen molar-refractivity contribution >= 4 is 22.8 Å². The summed E-state index contributed by atoms with van der Waals surface area (Å²) >= 11 is 0. The molecule has 3 aromatic rings. The number of anilines is 1. The van der Waals surface area contributed by atoms with Crippen LogP contribution in [0, 0.1) is 0 Å². The number of hydrogen-bond acceptors (Lipinski definition) is 4. The number of piperidine rings is 1. The fourth-order valence-corrected chi connectivity index (χ4v) is 3.41. The normalized spacial score (nSPS) is 15.4. The fourth-order valence-electron chi connectivity index (χ4n) is 3.41. The van der Waals surface area contributed by atoms with Crippen molar-refractivity contribution in [3.63, 3.8) is 0 Å². The van der Waals surface area contributed by atoms with Crippen LogP contribution in [-0.4, -0.2) is 40.0 Å². The molecule has 0 atom stereocenters. The van der Waals surface area contributed by atoms with Gasteiger partial charge in [0, 0.05) is 48.6 Å². The molecule has 4 rings (SSSR count). The molecule has 0 saturated carbocycles. The molecule has 6 nitrogen and oxygen atoms in total. The first-order valence-electron chi connectivity index (χ1n) is 8.66. The molecule has 0 aliphatic carbocycles. The Balaban J connectivity index is 1.32. The van der Waals surface area contributed by atoms with Crippen molar-refractivity contribution in [1.29, 1.82) is 0 Å². The summed E-state index contributed by atoms with van der Waals surface area (Å²) in [6, 6.07) is 10.1. The standard InChI is InChI=1S/C19H21N5O/c25-18(12-14-13-22-17-5-2-1-4-16(14)17)23-15-6-10-24(11-7-15)19-20-8-3-9-21-19/h1-5,8-9,13,15,22H,6-7,10-12H2,(H,23,25). The van der Waals surface area contributed by atoms with Gasteiger partial charge in [0.05, 0.1) is 6.42 Å². The number of hydrogen-bond donors (Lipinski definition) is 2. The number of fused-ring (bicyclic) bond motifs is 1. The molecule has 25 heavy (non-hydrogen) atoms. The third kappa shape index (κ3) is 3.47. The molecule has 0 radical (unpaired) electrons. The van der Waals surface area contributed by atoms with E-state index in [0.717, 1.165) is 48.3 Å². The Morgan fingerprint density at radius 2 is 1.92 bits per heavy atom. The van der Waals surface area contributed by atoms with Gasteiger partial charge < -0.3 is 15.2 Å². The Morgan fingerprint density at radius 1 is 1.16 bits per heavy atom. The van der Waals surface area contributed by atoms with E-state index in [2.05, 4.69) is 25.2 Å². The number of nitrogens with zero attached hydrogens (tertiary/aromatic N) is 3. The van der Waals surface area contributed by atoms with E-state index in [1.165, 1.54) is 0 Å². The maximum absolute atomic E-state index is 12.4. The van der Waals surface area contributed by atoms with Crippen LogP contribution in [0.2, 0.25) is 0 Å². The number of rotatable bonds is 4. The van der Waals surface area contributed by atoms with E-state index < -0.39 is 0 Å². The van der Waals surface area contributed by atoms with Crippen molar-refractivity contribution in [1.82, 2.24) is 20.3 Å². The monoisotopic (exact) mass is 335 g/mol. The van der Waals surface area contributed by atoms with E-state index in [0.29, 0.717) is 6.42 Å². The number of para-hydroxylation sites is 1. The Bertz CT molecular complexity index is 852. The van der Waals surface area contributed by atoms with Gasteiger partial charge >= 0.3 is 0 Å². The first-order valence-corrected chi connectivity index (χ1v) is 8.66. The molecule has 1 amide bonds. The minimum Gasteiger partial charge on any atom is -0.361 e. The lowest BCUT2D eigenvalue weighted by molar-refractivity contribution is -0.121. The minimum atomic E-state index is 0.0826. The average Bonchev–Trinajstić information content (AvgIpc) is 3.06. The molecule has 1 aliphatic rings.